The van der Waals surface area contributed by atoms with Crippen LogP contribution < -0.4 is 15.4 Å². The zero-order chi connectivity index (χ0) is 15.9. The third-order valence-electron chi connectivity index (χ3n) is 2.41. The van der Waals surface area contributed by atoms with Crippen LogP contribution >= 0.6 is 24.0 Å². The molecule has 1 aromatic rings. The Bertz CT molecular complexity index is 452. The van der Waals surface area contributed by atoms with Crippen LogP contribution in [0.1, 0.15) is 47.1 Å². The number of guanidine groups is 1. The first-order valence-electron chi connectivity index (χ1n) is 7.48. The molecule has 0 saturated carbocycles. The van der Waals surface area contributed by atoms with Crippen molar-refractivity contribution in [1.82, 2.24) is 15.6 Å². The van der Waals surface area contributed by atoms with Crippen LogP contribution in [0.5, 0.6) is 5.88 Å². The minimum absolute atomic E-state index is 0. The summed E-state index contributed by atoms with van der Waals surface area (Å²) in [6.45, 7) is 13.8. The average molecular weight is 420 g/mol. The van der Waals surface area contributed by atoms with Crippen molar-refractivity contribution in [2.24, 2.45) is 4.99 Å². The molecule has 2 N–H and O–H groups in total. The molecule has 0 fully saturated rings. The number of aliphatic imine (C=N–C) groups is 1. The molecule has 0 radical (unpaired) electrons. The fraction of sp³-hybridized carbons (Fsp3) is 0.625. The number of aromatic nitrogens is 1. The second kappa shape index (κ2) is 9.86. The minimum atomic E-state index is -0.0196. The predicted octanol–water partition coefficient (Wildman–Crippen LogP) is 3.34. The highest BCUT2D eigenvalue weighted by atomic mass is 127. The lowest BCUT2D eigenvalue weighted by molar-refractivity contribution is 0.232. The minimum Gasteiger partial charge on any atom is -0.475 e. The molecule has 0 saturated heterocycles. The van der Waals surface area contributed by atoms with Crippen LogP contribution in [0.25, 0.3) is 0 Å². The van der Waals surface area contributed by atoms with Gasteiger partial charge < -0.3 is 15.4 Å². The number of pyridine rings is 1. The number of hydrogen-bond acceptors (Lipinski definition) is 3. The molecule has 22 heavy (non-hydrogen) atoms. The average Bonchev–Trinajstić information content (AvgIpc) is 2.35. The summed E-state index contributed by atoms with van der Waals surface area (Å²) in [7, 11) is 0. The summed E-state index contributed by atoms with van der Waals surface area (Å²) in [5, 5.41) is 6.60. The maximum Gasteiger partial charge on any atom is 0.213 e. The molecule has 0 aromatic carbocycles. The van der Waals surface area contributed by atoms with Crippen molar-refractivity contribution >= 4 is 29.9 Å². The standard InChI is InChI=1S/C16H28N4O.HI/c1-7-17-15(20-16(4,5)6)19-11-13-8-9-14(18-10-13)21-12(2)3;/h8-10,12H,7,11H2,1-6H3,(H2,17,19,20);1H. The van der Waals surface area contributed by atoms with E-state index in [1.54, 1.807) is 0 Å². The second-order valence-corrected chi connectivity index (χ2v) is 6.24. The lowest BCUT2D eigenvalue weighted by Gasteiger charge is -2.23. The number of nitrogens with one attached hydrogen (secondary N) is 2. The number of hydrogen-bond donors (Lipinski definition) is 2. The first-order chi connectivity index (χ1) is 9.80. The van der Waals surface area contributed by atoms with Crippen molar-refractivity contribution in [2.45, 2.75) is 59.7 Å². The van der Waals surface area contributed by atoms with Gasteiger partial charge in [-0.2, -0.15) is 0 Å². The third-order valence-corrected chi connectivity index (χ3v) is 2.41. The van der Waals surface area contributed by atoms with E-state index in [2.05, 4.69) is 48.3 Å². The maximum atomic E-state index is 5.53. The molecular formula is C16H29IN4O. The van der Waals surface area contributed by atoms with Gasteiger partial charge in [-0.05, 0) is 47.1 Å². The van der Waals surface area contributed by atoms with Gasteiger partial charge in [0.2, 0.25) is 5.88 Å². The molecule has 0 bridgehead atoms. The van der Waals surface area contributed by atoms with Crippen LogP contribution in [0.2, 0.25) is 0 Å². The molecular weight excluding hydrogens is 391 g/mol. The van der Waals surface area contributed by atoms with E-state index in [4.69, 9.17) is 4.74 Å². The molecule has 0 aliphatic carbocycles. The molecule has 0 unspecified atom stereocenters. The highest BCUT2D eigenvalue weighted by Crippen LogP contribution is 2.10. The topological polar surface area (TPSA) is 58.5 Å². The van der Waals surface area contributed by atoms with E-state index < -0.39 is 0 Å². The summed E-state index contributed by atoms with van der Waals surface area (Å²) in [6.07, 6.45) is 1.94. The predicted molar refractivity (Wildman–Crippen MR) is 103 cm³/mol. The SMILES string of the molecule is CCNC(=NCc1ccc(OC(C)C)nc1)NC(C)(C)C.I. The van der Waals surface area contributed by atoms with Crippen molar-refractivity contribution in [3.63, 3.8) is 0 Å². The summed E-state index contributed by atoms with van der Waals surface area (Å²) in [5.74, 6) is 1.46. The van der Waals surface area contributed by atoms with E-state index in [1.807, 2.05) is 32.2 Å². The Morgan fingerprint density at radius 2 is 2.00 bits per heavy atom. The number of ether oxygens (including phenoxy) is 1. The van der Waals surface area contributed by atoms with E-state index in [1.165, 1.54) is 0 Å². The van der Waals surface area contributed by atoms with E-state index >= 15 is 0 Å². The molecule has 0 amide bonds. The van der Waals surface area contributed by atoms with Gasteiger partial charge in [-0.1, -0.05) is 6.07 Å². The fourth-order valence-corrected chi connectivity index (χ4v) is 1.65. The number of rotatable bonds is 5. The molecule has 0 aliphatic heterocycles. The molecule has 5 nitrogen and oxygen atoms in total. The summed E-state index contributed by atoms with van der Waals surface area (Å²) in [5.41, 5.74) is 1.03. The van der Waals surface area contributed by atoms with Gasteiger partial charge in [0.05, 0.1) is 12.6 Å². The molecule has 0 spiro atoms. The first kappa shape index (κ1) is 20.9. The van der Waals surface area contributed by atoms with Crippen LogP contribution in [0.15, 0.2) is 23.3 Å². The molecule has 1 aromatic heterocycles. The Labute approximate surface area is 151 Å². The molecule has 126 valence electrons. The molecule has 6 heteroatoms. The van der Waals surface area contributed by atoms with Crippen LogP contribution in [0.4, 0.5) is 0 Å². The van der Waals surface area contributed by atoms with Crippen molar-refractivity contribution in [2.75, 3.05) is 6.54 Å². The molecule has 1 rings (SSSR count). The zero-order valence-corrected chi connectivity index (χ0v) is 16.8. The summed E-state index contributed by atoms with van der Waals surface area (Å²) in [6, 6.07) is 3.88. The Morgan fingerprint density at radius 1 is 1.32 bits per heavy atom. The van der Waals surface area contributed by atoms with Crippen LogP contribution in [0.3, 0.4) is 0 Å². The van der Waals surface area contributed by atoms with Gasteiger partial charge in [-0.15, -0.1) is 24.0 Å². The monoisotopic (exact) mass is 420 g/mol. The lowest BCUT2D eigenvalue weighted by Crippen LogP contribution is -2.47. The van der Waals surface area contributed by atoms with Gasteiger partial charge in [0.25, 0.3) is 0 Å². The van der Waals surface area contributed by atoms with Gasteiger partial charge >= 0.3 is 0 Å². The molecule has 1 heterocycles. The normalized spacial score (nSPS) is 11.9. The zero-order valence-electron chi connectivity index (χ0n) is 14.4. The molecule has 0 atom stereocenters. The Kier molecular flexibility index (Phi) is 9.39. The number of halogens is 1. The summed E-state index contributed by atoms with van der Waals surface area (Å²) >= 11 is 0. The van der Waals surface area contributed by atoms with Crippen molar-refractivity contribution < 1.29 is 4.74 Å². The van der Waals surface area contributed by atoms with Gasteiger partial charge in [-0.3, -0.25) is 0 Å². The van der Waals surface area contributed by atoms with E-state index in [-0.39, 0.29) is 35.6 Å². The van der Waals surface area contributed by atoms with Gasteiger partial charge in [0, 0.05) is 24.3 Å². The van der Waals surface area contributed by atoms with Crippen molar-refractivity contribution in [3.05, 3.63) is 23.9 Å². The number of nitrogens with zero attached hydrogens (tertiary/aromatic N) is 2. The van der Waals surface area contributed by atoms with Gasteiger partial charge in [-0.25, -0.2) is 9.98 Å². The maximum absolute atomic E-state index is 5.53. The largest absolute Gasteiger partial charge is 0.475 e. The van der Waals surface area contributed by atoms with E-state index in [9.17, 15) is 0 Å². The highest BCUT2D eigenvalue weighted by Gasteiger charge is 2.11. The van der Waals surface area contributed by atoms with Gasteiger partial charge in [0.15, 0.2) is 5.96 Å². The Hall–Kier alpha value is -1.05. The Morgan fingerprint density at radius 3 is 2.45 bits per heavy atom. The molecule has 0 aliphatic rings. The van der Waals surface area contributed by atoms with Gasteiger partial charge in [0.1, 0.15) is 0 Å². The highest BCUT2D eigenvalue weighted by molar-refractivity contribution is 14.0. The van der Waals surface area contributed by atoms with E-state index in [0.717, 1.165) is 18.1 Å². The van der Waals surface area contributed by atoms with Crippen molar-refractivity contribution in [1.29, 1.82) is 0 Å². The van der Waals surface area contributed by atoms with E-state index in [0.29, 0.717) is 12.4 Å². The Balaban J connectivity index is 0.00000441. The third kappa shape index (κ3) is 9.07. The lowest BCUT2D eigenvalue weighted by atomic mass is 10.1. The van der Waals surface area contributed by atoms with Crippen LogP contribution in [-0.2, 0) is 6.54 Å². The quantitative estimate of drug-likeness (QED) is 0.436. The van der Waals surface area contributed by atoms with Crippen molar-refractivity contribution in [3.8, 4) is 5.88 Å². The summed E-state index contributed by atoms with van der Waals surface area (Å²) in [4.78, 5) is 8.86. The first-order valence-corrected chi connectivity index (χ1v) is 7.48. The van der Waals surface area contributed by atoms with Crippen LogP contribution in [-0.4, -0.2) is 29.1 Å². The summed E-state index contributed by atoms with van der Waals surface area (Å²) < 4.78 is 5.53. The fourth-order valence-electron chi connectivity index (χ4n) is 1.65. The second-order valence-electron chi connectivity index (χ2n) is 6.24. The smallest absolute Gasteiger partial charge is 0.213 e. The van der Waals surface area contributed by atoms with Crippen LogP contribution in [0, 0.1) is 0 Å².